The first-order chi connectivity index (χ1) is 10.6. The number of hydrogen-bond acceptors (Lipinski definition) is 3. The fraction of sp³-hybridized carbons (Fsp3) is 0.529. The second-order valence-corrected chi connectivity index (χ2v) is 5.60. The second-order valence-electron chi connectivity index (χ2n) is 5.60. The molecule has 0 bridgehead atoms. The maximum Gasteiger partial charge on any atom is 0.340 e. The van der Waals surface area contributed by atoms with Gasteiger partial charge in [-0.25, -0.2) is 9.59 Å². The van der Waals surface area contributed by atoms with Gasteiger partial charge in [0.1, 0.15) is 0 Å². The number of nitrogens with one attached hydrogen (secondary N) is 1. The molecule has 1 aliphatic rings. The molecule has 5 nitrogen and oxygen atoms in total. The van der Waals surface area contributed by atoms with Gasteiger partial charge in [-0.05, 0) is 31.9 Å². The van der Waals surface area contributed by atoms with Crippen LogP contribution in [0.4, 0.5) is 10.5 Å². The van der Waals surface area contributed by atoms with E-state index in [1.54, 1.807) is 36.1 Å². The topological polar surface area (TPSA) is 58.6 Å². The van der Waals surface area contributed by atoms with E-state index in [4.69, 9.17) is 4.74 Å². The van der Waals surface area contributed by atoms with E-state index in [0.29, 0.717) is 17.9 Å². The van der Waals surface area contributed by atoms with Gasteiger partial charge in [-0.15, -0.1) is 0 Å². The highest BCUT2D eigenvalue weighted by Gasteiger charge is 2.23. The lowest BCUT2D eigenvalue weighted by Gasteiger charge is -2.31. The third kappa shape index (κ3) is 4.00. The minimum atomic E-state index is -0.418. The number of hydrogen-bond donors (Lipinski definition) is 1. The lowest BCUT2D eigenvalue weighted by Crippen LogP contribution is -2.41. The molecular weight excluding hydrogens is 280 g/mol. The Labute approximate surface area is 131 Å². The number of carbonyl (C=O) groups excluding carboxylic acids is 2. The number of urea groups is 1. The summed E-state index contributed by atoms with van der Waals surface area (Å²) in [6.45, 7) is 2.07. The van der Waals surface area contributed by atoms with Crippen LogP contribution < -0.4 is 5.32 Å². The summed E-state index contributed by atoms with van der Waals surface area (Å²) in [5, 5.41) is 2.83. The van der Waals surface area contributed by atoms with Crippen molar-refractivity contribution in [2.24, 2.45) is 0 Å². The van der Waals surface area contributed by atoms with E-state index in [1.807, 2.05) is 7.05 Å². The van der Waals surface area contributed by atoms with Gasteiger partial charge < -0.3 is 15.0 Å². The van der Waals surface area contributed by atoms with E-state index < -0.39 is 5.97 Å². The maximum absolute atomic E-state index is 12.4. The molecule has 1 aromatic rings. The molecule has 0 aromatic heterocycles. The summed E-state index contributed by atoms with van der Waals surface area (Å²) in [5.41, 5.74) is 0.878. The normalized spacial score (nSPS) is 15.2. The molecule has 2 amide bonds. The molecular formula is C17H24N2O3. The van der Waals surface area contributed by atoms with Gasteiger partial charge in [-0.2, -0.15) is 0 Å². The van der Waals surface area contributed by atoms with Crippen molar-refractivity contribution in [1.29, 1.82) is 0 Å². The van der Waals surface area contributed by atoms with Crippen LogP contribution in [0.2, 0.25) is 0 Å². The SMILES string of the molecule is CCOC(=O)c1ccccc1NC(=O)N(C)C1CCCCC1. The number of benzene rings is 1. The van der Waals surface area contributed by atoms with Crippen molar-refractivity contribution in [1.82, 2.24) is 4.90 Å². The Hall–Kier alpha value is -2.04. The van der Waals surface area contributed by atoms with E-state index in [2.05, 4.69) is 5.32 Å². The third-order valence-electron chi connectivity index (χ3n) is 4.11. The van der Waals surface area contributed by atoms with Crippen molar-refractivity contribution in [2.45, 2.75) is 45.1 Å². The standard InChI is InChI=1S/C17H24N2O3/c1-3-22-16(20)14-11-7-8-12-15(14)18-17(21)19(2)13-9-5-4-6-10-13/h7-8,11-13H,3-6,9-10H2,1-2H3,(H,18,21). The Morgan fingerprint density at radius 3 is 2.59 bits per heavy atom. The Morgan fingerprint density at radius 2 is 1.91 bits per heavy atom. The average molecular weight is 304 g/mol. The van der Waals surface area contributed by atoms with Gasteiger partial charge in [0, 0.05) is 13.1 Å². The highest BCUT2D eigenvalue weighted by molar-refractivity contribution is 6.00. The zero-order valence-electron chi connectivity index (χ0n) is 13.3. The Morgan fingerprint density at radius 1 is 1.23 bits per heavy atom. The van der Waals surface area contributed by atoms with Crippen LogP contribution in [-0.4, -0.2) is 36.6 Å². The molecule has 0 heterocycles. The third-order valence-corrected chi connectivity index (χ3v) is 4.11. The first-order valence-electron chi connectivity index (χ1n) is 7.93. The van der Waals surface area contributed by atoms with Crippen molar-refractivity contribution in [3.8, 4) is 0 Å². The quantitative estimate of drug-likeness (QED) is 0.864. The van der Waals surface area contributed by atoms with E-state index >= 15 is 0 Å². The zero-order chi connectivity index (χ0) is 15.9. The molecule has 1 aromatic carbocycles. The van der Waals surface area contributed by atoms with E-state index in [-0.39, 0.29) is 12.1 Å². The summed E-state index contributed by atoms with van der Waals surface area (Å²) >= 11 is 0. The molecule has 0 atom stereocenters. The van der Waals surface area contributed by atoms with Gasteiger partial charge >= 0.3 is 12.0 Å². The van der Waals surface area contributed by atoms with Gasteiger partial charge in [0.2, 0.25) is 0 Å². The monoisotopic (exact) mass is 304 g/mol. The molecule has 120 valence electrons. The molecule has 0 aliphatic heterocycles. The second kappa shape index (κ2) is 7.82. The lowest BCUT2D eigenvalue weighted by molar-refractivity contribution is 0.0527. The molecule has 22 heavy (non-hydrogen) atoms. The zero-order valence-corrected chi connectivity index (χ0v) is 13.3. The number of esters is 1. The summed E-state index contributed by atoms with van der Waals surface area (Å²) in [6, 6.07) is 7.03. The minimum absolute atomic E-state index is 0.177. The van der Waals surface area contributed by atoms with Gasteiger partial charge in [0.25, 0.3) is 0 Å². The first kappa shape index (κ1) is 16.3. The number of anilines is 1. The summed E-state index contributed by atoms with van der Waals surface area (Å²) < 4.78 is 5.02. The number of rotatable bonds is 4. The van der Waals surface area contributed by atoms with Crippen LogP contribution >= 0.6 is 0 Å². The number of amides is 2. The molecule has 0 unspecified atom stereocenters. The Balaban J connectivity index is 2.06. The summed E-state index contributed by atoms with van der Waals surface area (Å²) in [5.74, 6) is -0.418. The summed E-state index contributed by atoms with van der Waals surface area (Å²) in [4.78, 5) is 26.1. The molecule has 1 aliphatic carbocycles. The largest absolute Gasteiger partial charge is 0.462 e. The van der Waals surface area contributed by atoms with Crippen LogP contribution in [0.5, 0.6) is 0 Å². The van der Waals surface area contributed by atoms with Crippen LogP contribution in [0, 0.1) is 0 Å². The number of para-hydroxylation sites is 1. The van der Waals surface area contributed by atoms with Crippen LogP contribution in [0.1, 0.15) is 49.4 Å². The summed E-state index contributed by atoms with van der Waals surface area (Å²) in [6.07, 6.45) is 5.67. The van der Waals surface area contributed by atoms with Crippen molar-refractivity contribution in [2.75, 3.05) is 19.0 Å². The number of nitrogens with zero attached hydrogens (tertiary/aromatic N) is 1. The molecule has 0 radical (unpaired) electrons. The van der Waals surface area contributed by atoms with Gasteiger partial charge in [-0.3, -0.25) is 0 Å². The van der Waals surface area contributed by atoms with Crippen LogP contribution in [-0.2, 0) is 4.74 Å². The number of carbonyl (C=O) groups is 2. The van der Waals surface area contributed by atoms with Gasteiger partial charge in [0.05, 0.1) is 17.9 Å². The fourth-order valence-electron chi connectivity index (χ4n) is 2.82. The minimum Gasteiger partial charge on any atom is -0.462 e. The maximum atomic E-state index is 12.4. The predicted octanol–water partition coefficient (Wildman–Crippen LogP) is 3.66. The highest BCUT2D eigenvalue weighted by atomic mass is 16.5. The molecule has 5 heteroatoms. The Bertz CT molecular complexity index is 524. The number of ether oxygens (including phenoxy) is 1. The Kier molecular flexibility index (Phi) is 5.81. The summed E-state index contributed by atoms with van der Waals surface area (Å²) in [7, 11) is 1.82. The smallest absolute Gasteiger partial charge is 0.340 e. The molecule has 0 saturated heterocycles. The lowest BCUT2D eigenvalue weighted by atomic mass is 9.95. The van der Waals surface area contributed by atoms with Gasteiger partial charge in [0.15, 0.2) is 0 Å². The molecule has 0 spiro atoms. The molecule has 1 fully saturated rings. The van der Waals surface area contributed by atoms with E-state index in [1.165, 1.54) is 19.3 Å². The predicted molar refractivity (Wildman–Crippen MR) is 86.1 cm³/mol. The van der Waals surface area contributed by atoms with Crippen molar-refractivity contribution >= 4 is 17.7 Å². The van der Waals surface area contributed by atoms with Crippen LogP contribution in [0.15, 0.2) is 24.3 Å². The van der Waals surface area contributed by atoms with E-state index in [9.17, 15) is 9.59 Å². The molecule has 2 rings (SSSR count). The van der Waals surface area contributed by atoms with Crippen molar-refractivity contribution in [3.63, 3.8) is 0 Å². The van der Waals surface area contributed by atoms with Crippen molar-refractivity contribution < 1.29 is 14.3 Å². The fourth-order valence-corrected chi connectivity index (χ4v) is 2.82. The molecule has 1 N–H and O–H groups in total. The average Bonchev–Trinajstić information content (AvgIpc) is 2.55. The van der Waals surface area contributed by atoms with Crippen LogP contribution in [0.3, 0.4) is 0 Å². The van der Waals surface area contributed by atoms with Gasteiger partial charge in [-0.1, -0.05) is 31.4 Å². The van der Waals surface area contributed by atoms with Crippen molar-refractivity contribution in [3.05, 3.63) is 29.8 Å². The van der Waals surface area contributed by atoms with E-state index in [0.717, 1.165) is 12.8 Å². The first-order valence-corrected chi connectivity index (χ1v) is 7.93. The van der Waals surface area contributed by atoms with Crippen LogP contribution in [0.25, 0.3) is 0 Å². The highest BCUT2D eigenvalue weighted by Crippen LogP contribution is 2.23. The molecule has 1 saturated carbocycles.